The molecule has 0 radical (unpaired) electrons. The Kier molecular flexibility index (Phi) is 5.49. The molecule has 1 aromatic carbocycles. The highest BCUT2D eigenvalue weighted by molar-refractivity contribution is 5.89. The third-order valence-electron chi connectivity index (χ3n) is 3.14. The van der Waals surface area contributed by atoms with Crippen LogP contribution in [0, 0.1) is 0 Å². The van der Waals surface area contributed by atoms with E-state index >= 15 is 0 Å². The Hall–Kier alpha value is -2.17. The quantitative estimate of drug-likeness (QED) is 0.790. The summed E-state index contributed by atoms with van der Waals surface area (Å²) in [5.41, 5.74) is 0.686. The molecular formula is C16H22N2O3. The van der Waals surface area contributed by atoms with Gasteiger partial charge in [0.15, 0.2) is 11.5 Å². The van der Waals surface area contributed by atoms with Gasteiger partial charge in [-0.2, -0.15) is 0 Å². The number of amides is 2. The molecule has 114 valence electrons. The van der Waals surface area contributed by atoms with Gasteiger partial charge in [-0.1, -0.05) is 12.2 Å². The van der Waals surface area contributed by atoms with Gasteiger partial charge < -0.3 is 20.1 Å². The minimum Gasteiger partial charge on any atom is -0.490 e. The van der Waals surface area contributed by atoms with Gasteiger partial charge in [0.1, 0.15) is 0 Å². The molecule has 1 aliphatic rings. The van der Waals surface area contributed by atoms with Crippen molar-refractivity contribution in [2.24, 2.45) is 0 Å². The summed E-state index contributed by atoms with van der Waals surface area (Å²) in [5.74, 6) is 1.32. The topological polar surface area (TPSA) is 59.6 Å². The van der Waals surface area contributed by atoms with Crippen LogP contribution in [-0.2, 0) is 0 Å². The Morgan fingerprint density at radius 2 is 1.81 bits per heavy atom. The van der Waals surface area contributed by atoms with E-state index in [0.29, 0.717) is 30.4 Å². The van der Waals surface area contributed by atoms with E-state index in [1.54, 1.807) is 18.2 Å². The Labute approximate surface area is 125 Å². The van der Waals surface area contributed by atoms with E-state index in [4.69, 9.17) is 9.47 Å². The number of carbonyl (C=O) groups is 1. The maximum atomic E-state index is 11.9. The van der Waals surface area contributed by atoms with E-state index in [-0.39, 0.29) is 12.1 Å². The molecule has 21 heavy (non-hydrogen) atoms. The number of hydrogen-bond donors (Lipinski definition) is 2. The largest absolute Gasteiger partial charge is 0.490 e. The molecule has 2 rings (SSSR count). The highest BCUT2D eigenvalue weighted by atomic mass is 16.5. The van der Waals surface area contributed by atoms with Crippen LogP contribution in [0.3, 0.4) is 0 Å². The fourth-order valence-corrected chi connectivity index (χ4v) is 2.22. The van der Waals surface area contributed by atoms with Crippen LogP contribution in [-0.4, -0.2) is 25.3 Å². The molecule has 0 aromatic heterocycles. The fourth-order valence-electron chi connectivity index (χ4n) is 2.22. The van der Waals surface area contributed by atoms with Gasteiger partial charge in [0.2, 0.25) is 0 Å². The average Bonchev–Trinajstić information content (AvgIpc) is 2.95. The number of carbonyl (C=O) groups excluding carboxylic acids is 1. The smallest absolute Gasteiger partial charge is 0.319 e. The zero-order chi connectivity index (χ0) is 15.1. The first kappa shape index (κ1) is 15.2. The molecule has 5 nitrogen and oxygen atoms in total. The summed E-state index contributed by atoms with van der Waals surface area (Å²) in [6.07, 6.45) is 5.94. The second-order valence-electron chi connectivity index (χ2n) is 4.77. The predicted molar refractivity (Wildman–Crippen MR) is 83.1 cm³/mol. The van der Waals surface area contributed by atoms with Crippen molar-refractivity contribution in [3.05, 3.63) is 30.4 Å². The van der Waals surface area contributed by atoms with Crippen molar-refractivity contribution in [2.75, 3.05) is 18.5 Å². The Morgan fingerprint density at radius 1 is 1.14 bits per heavy atom. The number of rotatable bonds is 6. The molecule has 0 unspecified atom stereocenters. The van der Waals surface area contributed by atoms with Crippen LogP contribution in [0.4, 0.5) is 10.5 Å². The van der Waals surface area contributed by atoms with Crippen LogP contribution in [0.25, 0.3) is 0 Å². The minimum atomic E-state index is -0.199. The molecule has 0 atom stereocenters. The molecule has 2 N–H and O–H groups in total. The second kappa shape index (κ2) is 7.57. The van der Waals surface area contributed by atoms with Gasteiger partial charge in [0.05, 0.1) is 13.2 Å². The first-order valence-corrected chi connectivity index (χ1v) is 7.35. The highest BCUT2D eigenvalue weighted by Gasteiger charge is 2.14. The molecule has 0 saturated carbocycles. The van der Waals surface area contributed by atoms with Crippen LogP contribution in [0.15, 0.2) is 30.4 Å². The molecule has 1 aliphatic carbocycles. The lowest BCUT2D eigenvalue weighted by Gasteiger charge is -2.15. The SMILES string of the molecule is CCOc1ccc(NC(=O)NC2CC=CC2)cc1OCC. The molecule has 0 spiro atoms. The zero-order valence-electron chi connectivity index (χ0n) is 12.5. The fraction of sp³-hybridized carbons (Fsp3) is 0.438. The maximum absolute atomic E-state index is 11.9. The van der Waals surface area contributed by atoms with Crippen molar-refractivity contribution in [1.29, 1.82) is 0 Å². The van der Waals surface area contributed by atoms with Crippen molar-refractivity contribution in [3.8, 4) is 11.5 Å². The van der Waals surface area contributed by atoms with Crippen molar-refractivity contribution < 1.29 is 14.3 Å². The van der Waals surface area contributed by atoms with Crippen LogP contribution in [0.5, 0.6) is 11.5 Å². The summed E-state index contributed by atoms with van der Waals surface area (Å²) >= 11 is 0. The molecule has 5 heteroatoms. The molecule has 0 bridgehead atoms. The Balaban J connectivity index is 1.98. The zero-order valence-corrected chi connectivity index (χ0v) is 12.5. The second-order valence-corrected chi connectivity index (χ2v) is 4.77. The molecule has 0 aliphatic heterocycles. The van der Waals surface area contributed by atoms with Gasteiger partial charge in [-0.3, -0.25) is 0 Å². The molecule has 2 amide bonds. The molecule has 0 heterocycles. The maximum Gasteiger partial charge on any atom is 0.319 e. The van der Waals surface area contributed by atoms with Crippen molar-refractivity contribution in [2.45, 2.75) is 32.7 Å². The van der Waals surface area contributed by atoms with E-state index in [2.05, 4.69) is 22.8 Å². The molecule has 0 fully saturated rings. The lowest BCUT2D eigenvalue weighted by atomic mass is 10.2. The molecule has 0 saturated heterocycles. The van der Waals surface area contributed by atoms with Gasteiger partial charge in [-0.05, 0) is 38.8 Å². The Bertz CT molecular complexity index is 506. The van der Waals surface area contributed by atoms with E-state index in [9.17, 15) is 4.79 Å². The van der Waals surface area contributed by atoms with Crippen LogP contribution in [0.1, 0.15) is 26.7 Å². The summed E-state index contributed by atoms with van der Waals surface area (Å²) in [5, 5.41) is 5.76. The summed E-state index contributed by atoms with van der Waals surface area (Å²) < 4.78 is 11.0. The van der Waals surface area contributed by atoms with Crippen LogP contribution >= 0.6 is 0 Å². The third-order valence-corrected chi connectivity index (χ3v) is 3.14. The lowest BCUT2D eigenvalue weighted by molar-refractivity contribution is 0.249. The highest BCUT2D eigenvalue weighted by Crippen LogP contribution is 2.30. The Morgan fingerprint density at radius 3 is 2.48 bits per heavy atom. The van der Waals surface area contributed by atoms with Crippen molar-refractivity contribution in [3.63, 3.8) is 0 Å². The first-order valence-electron chi connectivity index (χ1n) is 7.35. The summed E-state index contributed by atoms with van der Waals surface area (Å²) in [6.45, 7) is 4.95. The lowest BCUT2D eigenvalue weighted by Crippen LogP contribution is -2.36. The minimum absolute atomic E-state index is 0.194. The van der Waals surface area contributed by atoms with E-state index < -0.39 is 0 Å². The number of benzene rings is 1. The van der Waals surface area contributed by atoms with Crippen LogP contribution in [0.2, 0.25) is 0 Å². The van der Waals surface area contributed by atoms with E-state index in [1.807, 2.05) is 13.8 Å². The number of nitrogens with one attached hydrogen (secondary N) is 2. The van der Waals surface area contributed by atoms with E-state index in [0.717, 1.165) is 12.8 Å². The first-order chi connectivity index (χ1) is 10.2. The van der Waals surface area contributed by atoms with Gasteiger partial charge >= 0.3 is 6.03 Å². The molecular weight excluding hydrogens is 268 g/mol. The van der Waals surface area contributed by atoms with E-state index in [1.165, 1.54) is 0 Å². The normalized spacial score (nSPS) is 14.0. The van der Waals surface area contributed by atoms with Crippen molar-refractivity contribution in [1.82, 2.24) is 5.32 Å². The van der Waals surface area contributed by atoms with Crippen molar-refractivity contribution >= 4 is 11.7 Å². The summed E-state index contributed by atoms with van der Waals surface area (Å²) in [6, 6.07) is 5.39. The number of urea groups is 1. The average molecular weight is 290 g/mol. The summed E-state index contributed by atoms with van der Waals surface area (Å²) in [7, 11) is 0. The standard InChI is InChI=1S/C16H22N2O3/c1-3-20-14-10-9-13(11-15(14)21-4-2)18-16(19)17-12-7-5-6-8-12/h5-6,9-12H,3-4,7-8H2,1-2H3,(H2,17,18,19). The monoisotopic (exact) mass is 290 g/mol. The van der Waals surface area contributed by atoms with Gasteiger partial charge in [0, 0.05) is 17.8 Å². The van der Waals surface area contributed by atoms with Crippen LogP contribution < -0.4 is 20.1 Å². The summed E-state index contributed by atoms with van der Waals surface area (Å²) in [4.78, 5) is 11.9. The molecule has 1 aromatic rings. The van der Waals surface area contributed by atoms with Gasteiger partial charge in [-0.25, -0.2) is 4.79 Å². The predicted octanol–water partition coefficient (Wildman–Crippen LogP) is 3.32. The van der Waals surface area contributed by atoms with Gasteiger partial charge in [0.25, 0.3) is 0 Å². The van der Waals surface area contributed by atoms with Gasteiger partial charge in [-0.15, -0.1) is 0 Å². The third kappa shape index (κ3) is 4.41. The number of ether oxygens (including phenoxy) is 2. The number of hydrogen-bond acceptors (Lipinski definition) is 3. The number of anilines is 1.